The van der Waals surface area contributed by atoms with E-state index in [0.717, 1.165) is 0 Å². The lowest BCUT2D eigenvalue weighted by Crippen LogP contribution is -2.36. The predicted molar refractivity (Wildman–Crippen MR) is 81.5 cm³/mol. The molecule has 1 atom stereocenters. The molecule has 1 amide bonds. The molecule has 0 spiro atoms. The summed E-state index contributed by atoms with van der Waals surface area (Å²) in [4.78, 5) is 35.4. The van der Waals surface area contributed by atoms with Crippen molar-refractivity contribution in [1.82, 2.24) is 5.32 Å². The zero-order valence-corrected chi connectivity index (χ0v) is 12.9. The molecular formula is C16H22N2O3. The number of amides is 1. The maximum atomic E-state index is 12.5. The van der Waals surface area contributed by atoms with E-state index in [1.165, 1.54) is 13.8 Å². The molecular weight excluding hydrogens is 268 g/mol. The normalized spacial score (nSPS) is 12.6. The Balaban J connectivity index is 3.06. The van der Waals surface area contributed by atoms with Gasteiger partial charge in [-0.05, 0) is 24.6 Å². The van der Waals surface area contributed by atoms with Crippen LogP contribution in [0.3, 0.4) is 0 Å². The molecule has 0 saturated heterocycles. The second-order valence-electron chi connectivity index (χ2n) is 5.89. The number of nitrogens with two attached hydrogens (primary N) is 1. The van der Waals surface area contributed by atoms with Crippen LogP contribution in [0.5, 0.6) is 0 Å². The first-order valence-corrected chi connectivity index (χ1v) is 6.80. The summed E-state index contributed by atoms with van der Waals surface area (Å²) in [5.41, 5.74) is 6.10. The van der Waals surface area contributed by atoms with E-state index in [2.05, 4.69) is 5.32 Å². The maximum Gasteiger partial charge on any atom is 0.217 e. The fourth-order valence-corrected chi connectivity index (χ4v) is 1.95. The molecule has 114 valence electrons. The number of nitrogen functional groups attached to an aromatic ring is 1. The fraction of sp³-hybridized carbons (Fsp3) is 0.438. The van der Waals surface area contributed by atoms with Crippen molar-refractivity contribution in [2.75, 3.05) is 5.73 Å². The molecule has 0 heterocycles. The highest BCUT2D eigenvalue weighted by Crippen LogP contribution is 2.27. The lowest BCUT2D eigenvalue weighted by molar-refractivity contribution is -0.133. The van der Waals surface area contributed by atoms with E-state index in [1.54, 1.807) is 38.1 Å². The number of hydrogen-bond acceptors (Lipinski definition) is 4. The van der Waals surface area contributed by atoms with Crippen molar-refractivity contribution in [3.8, 4) is 0 Å². The maximum absolute atomic E-state index is 12.5. The fourth-order valence-electron chi connectivity index (χ4n) is 1.95. The van der Waals surface area contributed by atoms with Crippen LogP contribution in [0.15, 0.2) is 24.3 Å². The molecule has 0 fully saturated rings. The Kier molecular flexibility index (Phi) is 5.24. The van der Waals surface area contributed by atoms with Crippen molar-refractivity contribution in [2.45, 2.75) is 40.2 Å². The van der Waals surface area contributed by atoms with Gasteiger partial charge in [0, 0.05) is 24.4 Å². The van der Waals surface area contributed by atoms with Crippen LogP contribution < -0.4 is 11.1 Å². The third-order valence-corrected chi connectivity index (χ3v) is 3.48. The van der Waals surface area contributed by atoms with Crippen molar-refractivity contribution in [3.05, 3.63) is 29.8 Å². The van der Waals surface area contributed by atoms with E-state index in [4.69, 9.17) is 5.73 Å². The summed E-state index contributed by atoms with van der Waals surface area (Å²) in [5.74, 6) is -0.586. The summed E-state index contributed by atoms with van der Waals surface area (Å²) in [6, 6.07) is 6.03. The molecule has 21 heavy (non-hydrogen) atoms. The topological polar surface area (TPSA) is 89.3 Å². The monoisotopic (exact) mass is 290 g/mol. The standard InChI is InChI=1S/C16H22N2O3/c1-10(19)16(3,4)9-14(21)15(18-11(2)20)12-6-5-7-13(17)8-12/h5-8,15H,9,17H2,1-4H3,(H,18,20). The van der Waals surface area contributed by atoms with Crippen LogP contribution in [0.25, 0.3) is 0 Å². The Bertz CT molecular complexity index is 564. The highest BCUT2D eigenvalue weighted by atomic mass is 16.2. The first-order valence-electron chi connectivity index (χ1n) is 6.80. The number of carbonyl (C=O) groups is 3. The molecule has 3 N–H and O–H groups in total. The van der Waals surface area contributed by atoms with Gasteiger partial charge in [0.15, 0.2) is 5.78 Å². The molecule has 0 saturated carbocycles. The van der Waals surface area contributed by atoms with E-state index in [-0.39, 0.29) is 23.9 Å². The largest absolute Gasteiger partial charge is 0.399 e. The van der Waals surface area contributed by atoms with Crippen LogP contribution in [0.2, 0.25) is 0 Å². The first-order chi connectivity index (χ1) is 9.63. The molecule has 0 aromatic heterocycles. The zero-order chi connectivity index (χ0) is 16.2. The van der Waals surface area contributed by atoms with E-state index in [1.807, 2.05) is 0 Å². The van der Waals surface area contributed by atoms with E-state index < -0.39 is 11.5 Å². The second kappa shape index (κ2) is 6.52. The summed E-state index contributed by atoms with van der Waals surface area (Å²) < 4.78 is 0. The Morgan fingerprint density at radius 3 is 2.33 bits per heavy atom. The van der Waals surface area contributed by atoms with Crippen LogP contribution in [-0.4, -0.2) is 17.5 Å². The van der Waals surface area contributed by atoms with Gasteiger partial charge in [0.1, 0.15) is 11.8 Å². The lowest BCUT2D eigenvalue weighted by atomic mass is 9.81. The van der Waals surface area contributed by atoms with Gasteiger partial charge >= 0.3 is 0 Å². The average molecular weight is 290 g/mol. The van der Waals surface area contributed by atoms with E-state index in [9.17, 15) is 14.4 Å². The SMILES string of the molecule is CC(=O)NC(C(=O)CC(C)(C)C(C)=O)c1cccc(N)c1. The number of rotatable bonds is 6. The number of nitrogens with one attached hydrogen (secondary N) is 1. The van der Waals surface area contributed by atoms with Gasteiger partial charge in [-0.2, -0.15) is 0 Å². The minimum absolute atomic E-state index is 0.0576. The van der Waals surface area contributed by atoms with Gasteiger partial charge in [0.2, 0.25) is 5.91 Å². The molecule has 5 heteroatoms. The second-order valence-corrected chi connectivity index (χ2v) is 5.89. The van der Waals surface area contributed by atoms with Crippen molar-refractivity contribution in [1.29, 1.82) is 0 Å². The van der Waals surface area contributed by atoms with Crippen molar-refractivity contribution in [3.63, 3.8) is 0 Å². The predicted octanol–water partition coefficient (Wildman–Crippen LogP) is 2.02. The Morgan fingerprint density at radius 1 is 1.24 bits per heavy atom. The quantitative estimate of drug-likeness (QED) is 0.784. The molecule has 5 nitrogen and oxygen atoms in total. The van der Waals surface area contributed by atoms with Gasteiger partial charge < -0.3 is 11.1 Å². The molecule has 1 aromatic carbocycles. The number of hydrogen-bond donors (Lipinski definition) is 2. The van der Waals surface area contributed by atoms with Crippen LogP contribution >= 0.6 is 0 Å². The Morgan fingerprint density at radius 2 is 1.86 bits per heavy atom. The van der Waals surface area contributed by atoms with Gasteiger partial charge in [-0.15, -0.1) is 0 Å². The average Bonchev–Trinajstić information content (AvgIpc) is 2.34. The Hall–Kier alpha value is -2.17. The van der Waals surface area contributed by atoms with Crippen LogP contribution in [0.1, 0.15) is 45.7 Å². The highest BCUT2D eigenvalue weighted by Gasteiger charge is 2.31. The van der Waals surface area contributed by atoms with E-state index >= 15 is 0 Å². The molecule has 1 aromatic rings. The smallest absolute Gasteiger partial charge is 0.217 e. The number of carbonyl (C=O) groups excluding carboxylic acids is 3. The molecule has 1 rings (SSSR count). The molecule has 0 aliphatic carbocycles. The summed E-state index contributed by atoms with van der Waals surface area (Å²) in [7, 11) is 0. The summed E-state index contributed by atoms with van der Waals surface area (Å²) in [6.45, 7) is 6.25. The molecule has 0 aliphatic rings. The van der Waals surface area contributed by atoms with Crippen LogP contribution in [0.4, 0.5) is 5.69 Å². The minimum atomic E-state index is -0.787. The van der Waals surface area contributed by atoms with Gasteiger partial charge in [0.05, 0.1) is 0 Å². The van der Waals surface area contributed by atoms with Crippen LogP contribution in [0, 0.1) is 5.41 Å². The number of Topliss-reactive ketones (excluding diaryl/α,β-unsaturated/α-hetero) is 2. The molecule has 0 radical (unpaired) electrons. The summed E-state index contributed by atoms with van der Waals surface area (Å²) in [6.07, 6.45) is 0.0576. The third-order valence-electron chi connectivity index (χ3n) is 3.48. The zero-order valence-electron chi connectivity index (χ0n) is 12.9. The minimum Gasteiger partial charge on any atom is -0.399 e. The van der Waals surface area contributed by atoms with Crippen molar-refractivity contribution in [2.24, 2.45) is 5.41 Å². The lowest BCUT2D eigenvalue weighted by Gasteiger charge is -2.24. The summed E-state index contributed by atoms with van der Waals surface area (Å²) >= 11 is 0. The third kappa shape index (κ3) is 4.70. The highest BCUT2D eigenvalue weighted by molar-refractivity contribution is 5.94. The first kappa shape index (κ1) is 16.9. The Labute approximate surface area is 124 Å². The van der Waals surface area contributed by atoms with Crippen molar-refractivity contribution >= 4 is 23.2 Å². The molecule has 1 unspecified atom stereocenters. The summed E-state index contributed by atoms with van der Waals surface area (Å²) in [5, 5.41) is 2.63. The number of anilines is 1. The van der Waals surface area contributed by atoms with Gasteiger partial charge in [0.25, 0.3) is 0 Å². The van der Waals surface area contributed by atoms with Gasteiger partial charge in [-0.3, -0.25) is 14.4 Å². The molecule has 0 bridgehead atoms. The van der Waals surface area contributed by atoms with Gasteiger partial charge in [-0.1, -0.05) is 26.0 Å². The van der Waals surface area contributed by atoms with Gasteiger partial charge in [-0.25, -0.2) is 0 Å². The number of benzene rings is 1. The van der Waals surface area contributed by atoms with Crippen LogP contribution in [-0.2, 0) is 14.4 Å². The number of ketones is 2. The van der Waals surface area contributed by atoms with E-state index in [0.29, 0.717) is 11.3 Å². The van der Waals surface area contributed by atoms with Crippen molar-refractivity contribution < 1.29 is 14.4 Å². The molecule has 0 aliphatic heterocycles.